The largest absolute Gasteiger partial charge is 0.573 e. The van der Waals surface area contributed by atoms with E-state index in [0.717, 1.165) is 11.8 Å². The number of ether oxygens (including phenoxy) is 1. The number of hydrogen-bond acceptors (Lipinski definition) is 7. The minimum Gasteiger partial charge on any atom is -0.406 e. The number of amides is 1. The maximum atomic E-state index is 12.6. The number of halogens is 3. The summed E-state index contributed by atoms with van der Waals surface area (Å²) in [6.07, 6.45) is -3.52. The second kappa shape index (κ2) is 10.4. The van der Waals surface area contributed by atoms with Gasteiger partial charge in [-0.3, -0.25) is 4.79 Å². The molecular weight excluding hydrogens is 491 g/mol. The fraction of sp³-hybridized carbons (Fsp3) is 0.273. The van der Waals surface area contributed by atoms with Crippen LogP contribution < -0.4 is 14.4 Å². The summed E-state index contributed by atoms with van der Waals surface area (Å²) in [5.74, 6) is -1.12. The number of alkyl halides is 3. The Bertz CT molecular complexity index is 1250. The minimum atomic E-state index is -4.78. The van der Waals surface area contributed by atoms with E-state index < -0.39 is 22.3 Å². The number of hydrogen-bond donors (Lipinski definition) is 1. The lowest BCUT2D eigenvalue weighted by Gasteiger charge is -2.22. The normalized spacial score (nSPS) is 11.8. The van der Waals surface area contributed by atoms with E-state index in [2.05, 4.69) is 9.72 Å². The highest BCUT2D eigenvalue weighted by Gasteiger charge is 2.31. The first-order valence-electron chi connectivity index (χ1n) is 10.0. The molecule has 0 unspecified atom stereocenters. The van der Waals surface area contributed by atoms with Crippen molar-refractivity contribution in [1.82, 2.24) is 9.71 Å². The van der Waals surface area contributed by atoms with Gasteiger partial charge in [0.05, 0.1) is 6.26 Å². The summed E-state index contributed by atoms with van der Waals surface area (Å²) in [4.78, 5) is 19.1. The Labute approximate surface area is 199 Å². The third-order valence-electron chi connectivity index (χ3n) is 4.57. The lowest BCUT2D eigenvalue weighted by molar-refractivity contribution is -0.274. The Morgan fingerprint density at radius 1 is 1.12 bits per heavy atom. The molecule has 0 saturated heterocycles. The van der Waals surface area contributed by atoms with Crippen LogP contribution in [-0.4, -0.2) is 38.5 Å². The summed E-state index contributed by atoms with van der Waals surface area (Å²) in [5, 5.41) is 0.489. The van der Waals surface area contributed by atoms with Crippen molar-refractivity contribution in [1.29, 1.82) is 0 Å². The van der Waals surface area contributed by atoms with Crippen molar-refractivity contribution in [3.05, 3.63) is 76.3 Å². The number of carbonyl (C=O) groups is 1. The van der Waals surface area contributed by atoms with E-state index in [-0.39, 0.29) is 11.4 Å². The molecule has 0 aliphatic carbocycles. The van der Waals surface area contributed by atoms with Crippen LogP contribution in [-0.2, 0) is 23.0 Å². The molecule has 12 heteroatoms. The summed E-state index contributed by atoms with van der Waals surface area (Å²) in [5.41, 5.74) is 1.60. The van der Waals surface area contributed by atoms with E-state index in [1.165, 1.54) is 29.5 Å². The maximum Gasteiger partial charge on any atom is 0.573 e. The number of rotatable bonds is 9. The lowest BCUT2D eigenvalue weighted by Crippen LogP contribution is -2.30. The van der Waals surface area contributed by atoms with E-state index in [0.29, 0.717) is 35.1 Å². The molecule has 1 aromatic heterocycles. The summed E-state index contributed by atoms with van der Waals surface area (Å²) < 4.78 is 66.4. The molecule has 0 spiro atoms. The van der Waals surface area contributed by atoms with Crippen LogP contribution in [0.4, 0.5) is 18.3 Å². The molecule has 1 amide bonds. The second-order valence-electron chi connectivity index (χ2n) is 7.46. The van der Waals surface area contributed by atoms with E-state index in [1.807, 2.05) is 40.0 Å². The Morgan fingerprint density at radius 3 is 2.44 bits per heavy atom. The number of thiazole rings is 1. The molecule has 0 radical (unpaired) electrons. The monoisotopic (exact) mass is 513 g/mol. The number of aromatic nitrogens is 1. The molecule has 1 heterocycles. The zero-order valence-corrected chi connectivity index (χ0v) is 19.9. The van der Waals surface area contributed by atoms with Gasteiger partial charge in [-0.05, 0) is 36.6 Å². The first-order valence-corrected chi connectivity index (χ1v) is 12.7. The molecule has 0 atom stereocenters. The third-order valence-corrected chi connectivity index (χ3v) is 6.16. The van der Waals surface area contributed by atoms with Crippen molar-refractivity contribution in [3.63, 3.8) is 0 Å². The van der Waals surface area contributed by atoms with Gasteiger partial charge < -0.3 is 9.64 Å². The number of benzene rings is 2. The Balaban J connectivity index is 1.83. The van der Waals surface area contributed by atoms with Gasteiger partial charge in [0.1, 0.15) is 11.4 Å². The van der Waals surface area contributed by atoms with E-state index in [4.69, 9.17) is 0 Å². The predicted octanol–water partition coefficient (Wildman–Crippen LogP) is 4.29. The van der Waals surface area contributed by atoms with Crippen LogP contribution in [0.5, 0.6) is 5.75 Å². The predicted molar refractivity (Wildman–Crippen MR) is 123 cm³/mol. The number of nitrogens with one attached hydrogen (secondary N) is 1. The minimum absolute atomic E-state index is 0.00376. The SMILES string of the molecule is Cc1sc(N(CCc2cccc(OC(F)(F)F)c2)Cc2ccccc2)nc1C(=O)NS(C)(=O)=O. The first-order chi connectivity index (χ1) is 15.9. The van der Waals surface area contributed by atoms with Crippen LogP contribution in [0, 0.1) is 6.92 Å². The molecule has 34 heavy (non-hydrogen) atoms. The van der Waals surface area contributed by atoms with E-state index in [1.54, 1.807) is 13.0 Å². The van der Waals surface area contributed by atoms with Gasteiger partial charge in [-0.2, -0.15) is 0 Å². The van der Waals surface area contributed by atoms with Crippen molar-refractivity contribution < 1.29 is 31.1 Å². The third kappa shape index (κ3) is 7.73. The highest BCUT2D eigenvalue weighted by atomic mass is 32.2. The molecule has 0 bridgehead atoms. The number of sulfonamides is 1. The highest BCUT2D eigenvalue weighted by Crippen LogP contribution is 2.28. The number of nitrogens with zero attached hydrogens (tertiary/aromatic N) is 2. The Hall–Kier alpha value is -3.12. The van der Waals surface area contributed by atoms with Crippen LogP contribution in [0.2, 0.25) is 0 Å². The topological polar surface area (TPSA) is 88.6 Å². The van der Waals surface area contributed by atoms with Crippen LogP contribution >= 0.6 is 11.3 Å². The van der Waals surface area contributed by atoms with Crippen molar-refractivity contribution >= 4 is 32.4 Å². The first kappa shape index (κ1) is 25.5. The lowest BCUT2D eigenvalue weighted by atomic mass is 10.1. The number of carbonyl (C=O) groups excluding carboxylic acids is 1. The van der Waals surface area contributed by atoms with Crippen molar-refractivity contribution in [2.75, 3.05) is 17.7 Å². The summed E-state index contributed by atoms with van der Waals surface area (Å²) in [6, 6.07) is 15.2. The smallest absolute Gasteiger partial charge is 0.406 e. The molecule has 3 rings (SSSR count). The molecule has 1 N–H and O–H groups in total. The zero-order valence-electron chi connectivity index (χ0n) is 18.3. The van der Waals surface area contributed by atoms with Gasteiger partial charge in [0.15, 0.2) is 5.13 Å². The molecule has 7 nitrogen and oxygen atoms in total. The molecule has 0 aliphatic heterocycles. The van der Waals surface area contributed by atoms with Gasteiger partial charge in [0.2, 0.25) is 10.0 Å². The van der Waals surface area contributed by atoms with Gasteiger partial charge in [-0.15, -0.1) is 24.5 Å². The molecule has 2 aromatic carbocycles. The number of anilines is 1. The standard InChI is InChI=1S/C22H22F3N3O4S2/c1-15-19(20(29)27-34(2,30)31)26-21(33-15)28(14-17-7-4-3-5-8-17)12-11-16-9-6-10-18(13-16)32-22(23,24)25/h3-10,13H,11-12,14H2,1-2H3,(H,27,29). The molecule has 0 aliphatic rings. The van der Waals surface area contributed by atoms with Crippen molar-refractivity contribution in [2.45, 2.75) is 26.3 Å². The average Bonchev–Trinajstić information content (AvgIpc) is 3.11. The van der Waals surface area contributed by atoms with E-state index in [9.17, 15) is 26.4 Å². The Morgan fingerprint density at radius 2 is 1.79 bits per heavy atom. The van der Waals surface area contributed by atoms with Crippen molar-refractivity contribution in [2.24, 2.45) is 0 Å². The van der Waals surface area contributed by atoms with Gasteiger partial charge in [-0.1, -0.05) is 42.5 Å². The van der Waals surface area contributed by atoms with Crippen molar-refractivity contribution in [3.8, 4) is 5.75 Å². The van der Waals surface area contributed by atoms with Gasteiger partial charge in [-0.25, -0.2) is 18.1 Å². The second-order valence-corrected chi connectivity index (χ2v) is 10.4. The zero-order chi connectivity index (χ0) is 24.9. The summed E-state index contributed by atoms with van der Waals surface area (Å²) >= 11 is 1.23. The molecule has 0 fully saturated rings. The summed E-state index contributed by atoms with van der Waals surface area (Å²) in [6.45, 7) is 2.47. The molecular formula is C22H22F3N3O4S2. The quantitative estimate of drug-likeness (QED) is 0.459. The van der Waals surface area contributed by atoms with Crippen LogP contribution in [0.25, 0.3) is 0 Å². The van der Waals surface area contributed by atoms with Crippen LogP contribution in [0.1, 0.15) is 26.5 Å². The van der Waals surface area contributed by atoms with Gasteiger partial charge in [0.25, 0.3) is 5.91 Å². The Kier molecular flexibility index (Phi) is 7.82. The average molecular weight is 514 g/mol. The number of aryl methyl sites for hydroxylation is 1. The fourth-order valence-electron chi connectivity index (χ4n) is 3.15. The maximum absolute atomic E-state index is 12.6. The highest BCUT2D eigenvalue weighted by molar-refractivity contribution is 7.89. The molecule has 3 aromatic rings. The van der Waals surface area contributed by atoms with Gasteiger partial charge in [0, 0.05) is 18.0 Å². The van der Waals surface area contributed by atoms with Gasteiger partial charge >= 0.3 is 6.36 Å². The molecule has 182 valence electrons. The summed E-state index contributed by atoms with van der Waals surface area (Å²) in [7, 11) is -3.75. The molecule has 0 saturated carbocycles. The van der Waals surface area contributed by atoms with E-state index >= 15 is 0 Å². The van der Waals surface area contributed by atoms with Crippen LogP contribution in [0.15, 0.2) is 54.6 Å². The van der Waals surface area contributed by atoms with Crippen LogP contribution in [0.3, 0.4) is 0 Å². The fourth-order valence-corrected chi connectivity index (χ4v) is 4.52.